The Hall–Kier alpha value is -1.84. The van der Waals surface area contributed by atoms with Gasteiger partial charge in [-0.15, -0.1) is 0 Å². The Morgan fingerprint density at radius 2 is 2.15 bits per heavy atom. The van der Waals surface area contributed by atoms with Gasteiger partial charge < -0.3 is 14.9 Å². The first kappa shape index (κ1) is 6.65. The Labute approximate surface area is 75.1 Å². The summed E-state index contributed by atoms with van der Waals surface area (Å²) >= 11 is 0. The summed E-state index contributed by atoms with van der Waals surface area (Å²) in [4.78, 5) is 5.29. The fraction of sp³-hybridized carbons (Fsp3) is 0.111. The molecule has 2 aliphatic heterocycles. The highest BCUT2D eigenvalue weighted by molar-refractivity contribution is 5.70. The standard InChI is InChI=1S/C9H8N2O2/c1-2-4-7-6(3-1)8-9(11-13-7)10-5-12-8/h1-4,10-11H,5H2. The van der Waals surface area contributed by atoms with Gasteiger partial charge in [-0.2, -0.15) is 0 Å². The second-order valence-electron chi connectivity index (χ2n) is 2.87. The second kappa shape index (κ2) is 2.32. The predicted octanol–water partition coefficient (Wildman–Crippen LogP) is 0.787. The summed E-state index contributed by atoms with van der Waals surface area (Å²) in [5.41, 5.74) is 3.77. The molecule has 4 heteroatoms. The van der Waals surface area contributed by atoms with Gasteiger partial charge in [0, 0.05) is 0 Å². The number of ether oxygens (including phenoxy) is 1. The minimum absolute atomic E-state index is 0.495. The highest BCUT2D eigenvalue weighted by Crippen LogP contribution is 2.32. The van der Waals surface area contributed by atoms with E-state index in [1.54, 1.807) is 0 Å². The molecule has 13 heavy (non-hydrogen) atoms. The quantitative estimate of drug-likeness (QED) is 0.613. The molecule has 0 fully saturated rings. The van der Waals surface area contributed by atoms with Gasteiger partial charge in [0.2, 0.25) is 0 Å². The number of benzene rings is 1. The van der Waals surface area contributed by atoms with Crippen molar-refractivity contribution in [3.05, 3.63) is 35.6 Å². The van der Waals surface area contributed by atoms with Crippen LogP contribution in [0.15, 0.2) is 30.1 Å². The first-order chi connectivity index (χ1) is 6.45. The largest absolute Gasteiger partial charge is 0.469 e. The fourth-order valence-corrected chi connectivity index (χ4v) is 1.48. The average Bonchev–Trinajstić information content (AvgIpc) is 2.65. The Bertz CT molecular complexity index is 387. The van der Waals surface area contributed by atoms with Crippen molar-refractivity contribution in [3.63, 3.8) is 0 Å². The summed E-state index contributed by atoms with van der Waals surface area (Å²) in [7, 11) is 0. The Morgan fingerprint density at radius 3 is 3.15 bits per heavy atom. The van der Waals surface area contributed by atoms with E-state index in [2.05, 4.69) is 10.8 Å². The van der Waals surface area contributed by atoms with Crippen molar-refractivity contribution in [2.24, 2.45) is 0 Å². The molecular formula is C9H8N2O2. The van der Waals surface area contributed by atoms with Crippen LogP contribution in [0.25, 0.3) is 5.76 Å². The molecule has 0 radical (unpaired) electrons. The van der Waals surface area contributed by atoms with E-state index >= 15 is 0 Å². The van der Waals surface area contributed by atoms with Crippen molar-refractivity contribution in [1.29, 1.82) is 0 Å². The SMILES string of the molecule is c1ccc2c(c1)ONC1=C2OCN1. The highest BCUT2D eigenvalue weighted by Gasteiger charge is 2.25. The molecule has 66 valence electrons. The van der Waals surface area contributed by atoms with Crippen molar-refractivity contribution in [1.82, 2.24) is 10.8 Å². The summed E-state index contributed by atoms with van der Waals surface area (Å²) in [5, 5.41) is 3.02. The van der Waals surface area contributed by atoms with E-state index in [1.807, 2.05) is 24.3 Å². The molecule has 2 aliphatic rings. The summed E-state index contributed by atoms with van der Waals surface area (Å²) in [6, 6.07) is 7.75. The van der Waals surface area contributed by atoms with Crippen LogP contribution in [-0.2, 0) is 4.74 Å². The molecule has 4 nitrogen and oxygen atoms in total. The van der Waals surface area contributed by atoms with Crippen LogP contribution in [0.2, 0.25) is 0 Å². The van der Waals surface area contributed by atoms with Gasteiger partial charge in [-0.3, -0.25) is 0 Å². The van der Waals surface area contributed by atoms with Crippen LogP contribution in [0.1, 0.15) is 5.56 Å². The second-order valence-corrected chi connectivity index (χ2v) is 2.87. The van der Waals surface area contributed by atoms with E-state index in [4.69, 9.17) is 9.57 Å². The van der Waals surface area contributed by atoms with E-state index in [-0.39, 0.29) is 0 Å². The zero-order valence-corrected chi connectivity index (χ0v) is 6.83. The molecule has 0 aliphatic carbocycles. The molecule has 0 bridgehead atoms. The number of hydroxylamine groups is 1. The maximum atomic E-state index is 5.41. The highest BCUT2D eigenvalue weighted by atomic mass is 16.7. The van der Waals surface area contributed by atoms with E-state index in [0.29, 0.717) is 6.73 Å². The monoisotopic (exact) mass is 176 g/mol. The molecule has 0 spiro atoms. The molecule has 2 N–H and O–H groups in total. The van der Waals surface area contributed by atoms with Gasteiger partial charge in [0.05, 0.1) is 5.56 Å². The van der Waals surface area contributed by atoms with E-state index < -0.39 is 0 Å². The van der Waals surface area contributed by atoms with Gasteiger partial charge in [-0.05, 0) is 12.1 Å². The van der Waals surface area contributed by atoms with Crippen molar-refractivity contribution < 1.29 is 9.57 Å². The van der Waals surface area contributed by atoms with E-state index in [1.165, 1.54) is 0 Å². The zero-order valence-electron chi connectivity index (χ0n) is 6.83. The molecular weight excluding hydrogens is 168 g/mol. The van der Waals surface area contributed by atoms with E-state index in [9.17, 15) is 0 Å². The maximum absolute atomic E-state index is 5.41. The molecule has 2 heterocycles. The van der Waals surface area contributed by atoms with Gasteiger partial charge in [-0.25, -0.2) is 5.48 Å². The third kappa shape index (κ3) is 0.853. The molecule has 0 saturated heterocycles. The number of nitrogens with one attached hydrogen (secondary N) is 2. The van der Waals surface area contributed by atoms with Gasteiger partial charge >= 0.3 is 0 Å². The molecule has 1 aromatic carbocycles. The third-order valence-corrected chi connectivity index (χ3v) is 2.09. The molecule has 0 unspecified atom stereocenters. The fourth-order valence-electron chi connectivity index (χ4n) is 1.48. The summed E-state index contributed by atoms with van der Waals surface area (Å²) < 4.78 is 5.41. The topological polar surface area (TPSA) is 42.5 Å². The number of hydrogen-bond donors (Lipinski definition) is 2. The van der Waals surface area contributed by atoms with Crippen LogP contribution in [0, 0.1) is 0 Å². The minimum Gasteiger partial charge on any atom is -0.469 e. The first-order valence-electron chi connectivity index (χ1n) is 4.08. The van der Waals surface area contributed by atoms with Crippen LogP contribution in [0.4, 0.5) is 0 Å². The summed E-state index contributed by atoms with van der Waals surface area (Å²) in [6.07, 6.45) is 0. The molecule has 1 aromatic rings. The predicted molar refractivity (Wildman–Crippen MR) is 46.2 cm³/mol. The lowest BCUT2D eigenvalue weighted by molar-refractivity contribution is 0.217. The number of fused-ring (bicyclic) bond motifs is 2. The van der Waals surface area contributed by atoms with Gasteiger partial charge in [-0.1, -0.05) is 12.1 Å². The van der Waals surface area contributed by atoms with Crippen LogP contribution in [-0.4, -0.2) is 6.73 Å². The van der Waals surface area contributed by atoms with E-state index in [0.717, 1.165) is 22.9 Å². The summed E-state index contributed by atoms with van der Waals surface area (Å²) in [6.45, 7) is 0.495. The maximum Gasteiger partial charge on any atom is 0.180 e. The van der Waals surface area contributed by atoms with Gasteiger partial charge in [0.15, 0.2) is 24.1 Å². The molecule has 3 rings (SSSR count). The van der Waals surface area contributed by atoms with Crippen LogP contribution >= 0.6 is 0 Å². The summed E-state index contributed by atoms with van der Waals surface area (Å²) in [5.74, 6) is 2.44. The zero-order chi connectivity index (χ0) is 8.67. The lowest BCUT2D eigenvalue weighted by Gasteiger charge is -2.17. The minimum atomic E-state index is 0.495. The van der Waals surface area contributed by atoms with Crippen LogP contribution < -0.4 is 15.6 Å². The van der Waals surface area contributed by atoms with Gasteiger partial charge in [0.1, 0.15) is 0 Å². The Balaban J connectivity index is 2.18. The molecule has 0 aromatic heterocycles. The lowest BCUT2D eigenvalue weighted by Crippen LogP contribution is -2.28. The third-order valence-electron chi connectivity index (χ3n) is 2.09. The van der Waals surface area contributed by atoms with Crippen molar-refractivity contribution in [2.75, 3.05) is 6.73 Å². The van der Waals surface area contributed by atoms with Crippen LogP contribution in [0.5, 0.6) is 5.75 Å². The Morgan fingerprint density at radius 1 is 1.23 bits per heavy atom. The number of rotatable bonds is 0. The average molecular weight is 176 g/mol. The van der Waals surface area contributed by atoms with Crippen molar-refractivity contribution in [3.8, 4) is 5.75 Å². The van der Waals surface area contributed by atoms with Crippen molar-refractivity contribution in [2.45, 2.75) is 0 Å². The lowest BCUT2D eigenvalue weighted by atomic mass is 10.1. The van der Waals surface area contributed by atoms with Crippen LogP contribution in [0.3, 0.4) is 0 Å². The normalized spacial score (nSPS) is 17.5. The molecule has 0 atom stereocenters. The smallest absolute Gasteiger partial charge is 0.180 e. The molecule has 0 amide bonds. The molecule has 0 saturated carbocycles. The number of hydrogen-bond acceptors (Lipinski definition) is 4. The Kier molecular flexibility index (Phi) is 1.19. The number of para-hydroxylation sites is 1. The first-order valence-corrected chi connectivity index (χ1v) is 4.08. The van der Waals surface area contributed by atoms with Crippen molar-refractivity contribution >= 4 is 5.76 Å². The van der Waals surface area contributed by atoms with Gasteiger partial charge in [0.25, 0.3) is 0 Å².